The molecule has 2 aromatic carbocycles. The molecule has 3 rings (SSSR count). The highest BCUT2D eigenvalue weighted by atomic mass is 35.5. The molecule has 1 heterocycles. The van der Waals surface area contributed by atoms with Gasteiger partial charge in [-0.25, -0.2) is 4.39 Å². The van der Waals surface area contributed by atoms with E-state index in [0.29, 0.717) is 10.7 Å². The summed E-state index contributed by atoms with van der Waals surface area (Å²) < 4.78 is 13.0. The van der Waals surface area contributed by atoms with Crippen LogP contribution in [0.5, 0.6) is 0 Å². The first-order valence-corrected chi connectivity index (χ1v) is 8.57. The van der Waals surface area contributed by atoms with Gasteiger partial charge in [-0.2, -0.15) is 0 Å². The highest BCUT2D eigenvalue weighted by Gasteiger charge is 2.32. The number of nitrogens with zero attached hydrogens (tertiary/aromatic N) is 3. The molecule has 0 bridgehead atoms. The van der Waals surface area contributed by atoms with Gasteiger partial charge in [-0.15, -0.1) is 0 Å². The maximum Gasteiger partial charge on any atom is 0.254 e. The first-order chi connectivity index (χ1) is 12.8. The second-order valence-electron chi connectivity index (χ2n) is 6.20. The topological polar surface area (TPSA) is 60.9 Å². The second kappa shape index (κ2) is 7.75. The van der Waals surface area contributed by atoms with E-state index < -0.39 is 11.7 Å². The summed E-state index contributed by atoms with van der Waals surface area (Å²) >= 11 is 5.85. The molecule has 1 aliphatic rings. The predicted octanol–water partition coefficient (Wildman–Crippen LogP) is 2.38. The lowest BCUT2D eigenvalue weighted by atomic mass is 10.2. The Bertz CT molecular complexity index is 871. The van der Waals surface area contributed by atoms with Gasteiger partial charge in [0, 0.05) is 23.3 Å². The highest BCUT2D eigenvalue weighted by molar-refractivity contribution is 6.30. The number of hydrogen-bond donors (Lipinski definition) is 0. The number of hydrogen-bond acceptors (Lipinski definition) is 3. The lowest BCUT2D eigenvalue weighted by Gasteiger charge is -2.22. The fourth-order valence-electron chi connectivity index (χ4n) is 2.75. The summed E-state index contributed by atoms with van der Waals surface area (Å²) in [7, 11) is 1.48. The molecule has 140 valence electrons. The van der Waals surface area contributed by atoms with Gasteiger partial charge in [0.25, 0.3) is 5.91 Å². The quantitative estimate of drug-likeness (QED) is 0.806. The summed E-state index contributed by atoms with van der Waals surface area (Å²) in [5.41, 5.74) is 0.933. The molecule has 1 saturated heterocycles. The Morgan fingerprint density at radius 2 is 1.74 bits per heavy atom. The van der Waals surface area contributed by atoms with Crippen LogP contribution in [0.1, 0.15) is 10.4 Å². The van der Waals surface area contributed by atoms with Crippen LogP contribution in [0.25, 0.3) is 0 Å². The van der Waals surface area contributed by atoms with Crippen LogP contribution >= 0.6 is 11.6 Å². The number of carbonyl (C=O) groups is 3. The van der Waals surface area contributed by atoms with Crippen molar-refractivity contribution in [3.63, 3.8) is 0 Å². The summed E-state index contributed by atoms with van der Waals surface area (Å²) in [4.78, 5) is 41.2. The molecule has 2 aromatic rings. The number of benzene rings is 2. The van der Waals surface area contributed by atoms with Gasteiger partial charge in [0.05, 0.1) is 6.54 Å². The van der Waals surface area contributed by atoms with E-state index in [9.17, 15) is 18.8 Å². The largest absolute Gasteiger partial charge is 0.332 e. The molecule has 0 atom stereocenters. The minimum atomic E-state index is -0.442. The van der Waals surface area contributed by atoms with Gasteiger partial charge in [-0.05, 0) is 48.5 Å². The number of likely N-dealkylation sites (N-methyl/N-ethyl adjacent to an activating group) is 1. The molecular weight excluding hydrogens is 373 g/mol. The number of carbonyl (C=O) groups excluding carboxylic acids is 3. The minimum Gasteiger partial charge on any atom is -0.332 e. The third kappa shape index (κ3) is 4.25. The van der Waals surface area contributed by atoms with Crippen LogP contribution in [0.4, 0.5) is 10.1 Å². The molecule has 1 aliphatic heterocycles. The van der Waals surface area contributed by atoms with Crippen molar-refractivity contribution in [2.45, 2.75) is 0 Å². The van der Waals surface area contributed by atoms with E-state index in [1.165, 1.54) is 46.0 Å². The fourth-order valence-corrected chi connectivity index (χ4v) is 2.88. The highest BCUT2D eigenvalue weighted by Crippen LogP contribution is 2.21. The molecule has 3 amide bonds. The van der Waals surface area contributed by atoms with E-state index in [2.05, 4.69) is 0 Å². The summed E-state index contributed by atoms with van der Waals surface area (Å²) in [6.45, 7) is -0.129. The van der Waals surface area contributed by atoms with Gasteiger partial charge < -0.3 is 9.80 Å². The normalized spacial score (nSPS) is 13.8. The number of rotatable bonds is 4. The van der Waals surface area contributed by atoms with E-state index >= 15 is 0 Å². The van der Waals surface area contributed by atoms with E-state index in [1.54, 1.807) is 24.3 Å². The molecule has 0 aromatic heterocycles. The molecule has 8 heteroatoms. The van der Waals surface area contributed by atoms with Crippen molar-refractivity contribution in [2.75, 3.05) is 31.7 Å². The number of anilines is 1. The maximum absolute atomic E-state index is 13.0. The van der Waals surface area contributed by atoms with Crippen molar-refractivity contribution < 1.29 is 18.8 Å². The van der Waals surface area contributed by atoms with Crippen molar-refractivity contribution in [3.05, 3.63) is 64.9 Å². The lowest BCUT2D eigenvalue weighted by Crippen LogP contribution is -2.40. The zero-order valence-corrected chi connectivity index (χ0v) is 15.3. The van der Waals surface area contributed by atoms with Gasteiger partial charge in [0.1, 0.15) is 19.0 Å². The Labute approximate surface area is 160 Å². The molecule has 0 unspecified atom stereocenters. The summed E-state index contributed by atoms with van der Waals surface area (Å²) in [5.74, 6) is -1.40. The van der Waals surface area contributed by atoms with Crippen LogP contribution < -0.4 is 4.90 Å². The molecule has 0 N–H and O–H groups in total. The molecule has 0 aliphatic carbocycles. The first-order valence-electron chi connectivity index (χ1n) is 8.20. The van der Waals surface area contributed by atoms with E-state index in [0.717, 1.165) is 0 Å². The number of halogens is 2. The minimum absolute atomic E-state index is 0.0555. The first kappa shape index (κ1) is 18.8. The second-order valence-corrected chi connectivity index (χ2v) is 6.64. The Morgan fingerprint density at radius 3 is 2.37 bits per heavy atom. The van der Waals surface area contributed by atoms with Crippen molar-refractivity contribution in [1.29, 1.82) is 0 Å². The zero-order valence-electron chi connectivity index (χ0n) is 14.6. The van der Waals surface area contributed by atoms with Crippen molar-refractivity contribution >= 4 is 35.0 Å². The third-order valence-electron chi connectivity index (χ3n) is 4.24. The average molecular weight is 390 g/mol. The van der Waals surface area contributed by atoms with Crippen LogP contribution in [0.3, 0.4) is 0 Å². The van der Waals surface area contributed by atoms with Crippen molar-refractivity contribution in [3.8, 4) is 0 Å². The van der Waals surface area contributed by atoms with Gasteiger partial charge >= 0.3 is 0 Å². The van der Waals surface area contributed by atoms with E-state index in [1.807, 2.05) is 0 Å². The third-order valence-corrected chi connectivity index (χ3v) is 4.49. The molecule has 0 spiro atoms. The summed E-state index contributed by atoms with van der Waals surface area (Å²) in [5, 5.41) is 0.555. The van der Waals surface area contributed by atoms with Crippen LogP contribution in [-0.2, 0) is 9.59 Å². The van der Waals surface area contributed by atoms with Gasteiger partial charge in [0.15, 0.2) is 0 Å². The van der Waals surface area contributed by atoms with Gasteiger partial charge in [-0.3, -0.25) is 19.3 Å². The zero-order chi connectivity index (χ0) is 19.6. The smallest absolute Gasteiger partial charge is 0.254 e. The molecule has 6 nitrogen and oxygen atoms in total. The molecule has 0 saturated carbocycles. The average Bonchev–Trinajstić information content (AvgIpc) is 3.04. The standard InChI is InChI=1S/C19H17ClFN3O3/c1-22(19(27)13-2-6-15(21)7-3-13)10-17(25)23-11-18(26)24(12-23)16-8-4-14(20)5-9-16/h2-9H,10-12H2,1H3. The Morgan fingerprint density at radius 1 is 1.11 bits per heavy atom. The molecule has 27 heavy (non-hydrogen) atoms. The predicted molar refractivity (Wildman–Crippen MR) is 98.9 cm³/mol. The van der Waals surface area contributed by atoms with E-state index in [4.69, 9.17) is 11.6 Å². The Hall–Kier alpha value is -2.93. The van der Waals surface area contributed by atoms with Crippen LogP contribution in [0.2, 0.25) is 5.02 Å². The molecule has 1 fully saturated rings. The van der Waals surface area contributed by atoms with Crippen LogP contribution in [-0.4, -0.2) is 54.3 Å². The maximum atomic E-state index is 13.0. The Balaban J connectivity index is 1.62. The van der Waals surface area contributed by atoms with Crippen LogP contribution in [0, 0.1) is 5.82 Å². The lowest BCUT2D eigenvalue weighted by molar-refractivity contribution is -0.132. The summed E-state index contributed by atoms with van der Waals surface area (Å²) in [6.07, 6.45) is 0. The van der Waals surface area contributed by atoms with Crippen molar-refractivity contribution in [1.82, 2.24) is 9.80 Å². The Kier molecular flexibility index (Phi) is 5.41. The number of amides is 3. The SMILES string of the molecule is CN(CC(=O)N1CC(=O)N(c2ccc(Cl)cc2)C1)C(=O)c1ccc(F)cc1. The fraction of sp³-hybridized carbons (Fsp3) is 0.211. The van der Waals surface area contributed by atoms with Crippen molar-refractivity contribution in [2.24, 2.45) is 0 Å². The molecular formula is C19H17ClFN3O3. The van der Waals surface area contributed by atoms with E-state index in [-0.39, 0.29) is 37.1 Å². The molecule has 0 radical (unpaired) electrons. The monoisotopic (exact) mass is 389 g/mol. The van der Waals surface area contributed by atoms with Gasteiger partial charge in [0.2, 0.25) is 11.8 Å². The summed E-state index contributed by atoms with van der Waals surface area (Å²) in [6, 6.07) is 11.9. The van der Waals surface area contributed by atoms with Crippen LogP contribution in [0.15, 0.2) is 48.5 Å². The van der Waals surface area contributed by atoms with Gasteiger partial charge in [-0.1, -0.05) is 11.6 Å².